The van der Waals surface area contributed by atoms with E-state index < -0.39 is 6.10 Å². The van der Waals surface area contributed by atoms with Crippen molar-refractivity contribution in [2.24, 2.45) is 0 Å². The first kappa shape index (κ1) is 80.6. The molecule has 0 spiro atoms. The number of hydrogen-bond donors (Lipinski definition) is 1. The number of carbonyl (C=O) groups excluding carboxylic acids is 2. The van der Waals surface area contributed by atoms with Gasteiger partial charge in [0, 0.05) is 12.8 Å². The summed E-state index contributed by atoms with van der Waals surface area (Å²) in [5.41, 5.74) is 0. The number of aliphatic hydroxyl groups excluding tert-OH is 1. The standard InChI is InChI=1S/C77H150O5/c1-3-5-7-9-11-13-15-17-19-21-23-25-27-29-31-33-35-37-38-40-41-43-45-47-49-51-53-55-57-59-61-63-65-67-69-71-76(79)81-74-75(73-78)82-77(80)72-70-68-66-64-62-60-58-56-54-52-50-48-46-44-42-39-36-34-32-30-28-26-24-22-20-18-16-14-12-10-8-6-4-2/h22,24,75,78H,3-21,23,25-74H2,1-2H3/b24-22-. The molecule has 0 fully saturated rings. The van der Waals surface area contributed by atoms with Gasteiger partial charge in [-0.3, -0.25) is 9.59 Å². The molecule has 0 aliphatic rings. The highest BCUT2D eigenvalue weighted by atomic mass is 16.6. The Kier molecular flexibility index (Phi) is 72.7. The van der Waals surface area contributed by atoms with Crippen LogP contribution in [0.5, 0.6) is 0 Å². The van der Waals surface area contributed by atoms with Crippen LogP contribution in [0.3, 0.4) is 0 Å². The fourth-order valence-electron chi connectivity index (χ4n) is 12.3. The highest BCUT2D eigenvalue weighted by molar-refractivity contribution is 5.70. The molecular weight excluding hydrogens is 1000 g/mol. The van der Waals surface area contributed by atoms with E-state index in [1.165, 1.54) is 392 Å². The normalized spacial score (nSPS) is 12.1. The van der Waals surface area contributed by atoms with Crippen molar-refractivity contribution in [1.29, 1.82) is 0 Å². The molecule has 1 N–H and O–H groups in total. The zero-order valence-electron chi connectivity index (χ0n) is 56.3. The molecule has 0 aliphatic heterocycles. The maximum Gasteiger partial charge on any atom is 0.306 e. The van der Waals surface area contributed by atoms with Crippen molar-refractivity contribution in [3.63, 3.8) is 0 Å². The minimum Gasteiger partial charge on any atom is -0.462 e. The molecule has 0 aromatic heterocycles. The second-order valence-electron chi connectivity index (χ2n) is 26.4. The number of carbonyl (C=O) groups is 2. The van der Waals surface area contributed by atoms with Crippen LogP contribution in [0.4, 0.5) is 0 Å². The van der Waals surface area contributed by atoms with Crippen LogP contribution in [0.1, 0.15) is 450 Å². The number of hydrogen-bond acceptors (Lipinski definition) is 5. The summed E-state index contributed by atoms with van der Waals surface area (Å²) in [6, 6.07) is 0. The van der Waals surface area contributed by atoms with E-state index in [0.717, 1.165) is 32.1 Å². The zero-order chi connectivity index (χ0) is 59.1. The maximum atomic E-state index is 12.4. The number of rotatable bonds is 73. The van der Waals surface area contributed by atoms with Crippen molar-refractivity contribution in [2.75, 3.05) is 13.2 Å². The van der Waals surface area contributed by atoms with Gasteiger partial charge in [0.2, 0.25) is 0 Å². The second-order valence-corrected chi connectivity index (χ2v) is 26.4. The lowest BCUT2D eigenvalue weighted by Crippen LogP contribution is -2.28. The van der Waals surface area contributed by atoms with Crippen molar-refractivity contribution in [1.82, 2.24) is 0 Å². The van der Waals surface area contributed by atoms with E-state index in [2.05, 4.69) is 26.0 Å². The van der Waals surface area contributed by atoms with Gasteiger partial charge in [0.1, 0.15) is 6.61 Å². The summed E-state index contributed by atoms with van der Waals surface area (Å²) in [5.74, 6) is -0.559. The van der Waals surface area contributed by atoms with Crippen LogP contribution < -0.4 is 0 Å². The van der Waals surface area contributed by atoms with Crippen LogP contribution in [0, 0.1) is 0 Å². The van der Waals surface area contributed by atoms with E-state index in [1.54, 1.807) is 0 Å². The molecule has 0 saturated carbocycles. The van der Waals surface area contributed by atoms with E-state index in [9.17, 15) is 14.7 Å². The molecule has 1 unspecified atom stereocenters. The summed E-state index contributed by atoms with van der Waals surface area (Å²) in [7, 11) is 0. The van der Waals surface area contributed by atoms with Crippen molar-refractivity contribution >= 4 is 11.9 Å². The zero-order valence-corrected chi connectivity index (χ0v) is 56.3. The smallest absolute Gasteiger partial charge is 0.306 e. The summed E-state index contributed by atoms with van der Waals surface area (Å²) < 4.78 is 10.8. The fraction of sp³-hybridized carbons (Fsp3) is 0.948. The quantitative estimate of drug-likeness (QED) is 0.0373. The van der Waals surface area contributed by atoms with Crippen molar-refractivity contribution < 1.29 is 24.2 Å². The van der Waals surface area contributed by atoms with Crippen molar-refractivity contribution in [3.8, 4) is 0 Å². The molecule has 0 rings (SSSR count). The third-order valence-electron chi connectivity index (χ3n) is 18.1. The lowest BCUT2D eigenvalue weighted by atomic mass is 10.0. The van der Waals surface area contributed by atoms with Crippen LogP contribution in [0.2, 0.25) is 0 Å². The Bertz CT molecular complexity index is 1220. The molecule has 0 bridgehead atoms. The average molecular weight is 1160 g/mol. The molecule has 0 saturated heterocycles. The van der Waals surface area contributed by atoms with E-state index in [-0.39, 0.29) is 25.2 Å². The third kappa shape index (κ3) is 71.1. The Morgan fingerprint density at radius 2 is 0.451 bits per heavy atom. The van der Waals surface area contributed by atoms with E-state index in [4.69, 9.17) is 9.47 Å². The van der Waals surface area contributed by atoms with Gasteiger partial charge in [-0.05, 0) is 38.5 Å². The Labute approximate surface area is 515 Å². The first-order valence-corrected chi connectivity index (χ1v) is 38.2. The number of allylic oxidation sites excluding steroid dienone is 2. The van der Waals surface area contributed by atoms with Gasteiger partial charge in [-0.1, -0.05) is 411 Å². The molecule has 488 valence electrons. The molecule has 0 aromatic rings. The first-order valence-electron chi connectivity index (χ1n) is 38.2. The number of esters is 2. The summed E-state index contributed by atoms with van der Waals surface area (Å²) in [6.45, 7) is 4.22. The van der Waals surface area contributed by atoms with Gasteiger partial charge >= 0.3 is 11.9 Å². The maximum absolute atomic E-state index is 12.4. The van der Waals surface area contributed by atoms with Gasteiger partial charge in [-0.15, -0.1) is 0 Å². The molecule has 0 heterocycles. The Hall–Kier alpha value is -1.36. The predicted molar refractivity (Wildman–Crippen MR) is 362 cm³/mol. The van der Waals surface area contributed by atoms with Gasteiger partial charge in [-0.25, -0.2) is 0 Å². The summed E-state index contributed by atoms with van der Waals surface area (Å²) in [5, 5.41) is 9.72. The number of unbranched alkanes of at least 4 members (excludes halogenated alkanes) is 63. The van der Waals surface area contributed by atoms with Crippen LogP contribution in [-0.2, 0) is 19.1 Å². The van der Waals surface area contributed by atoms with Gasteiger partial charge < -0.3 is 14.6 Å². The molecule has 0 amide bonds. The minimum atomic E-state index is -0.767. The first-order chi connectivity index (χ1) is 40.6. The molecule has 82 heavy (non-hydrogen) atoms. The Morgan fingerprint density at radius 1 is 0.268 bits per heavy atom. The van der Waals surface area contributed by atoms with Crippen LogP contribution in [0.15, 0.2) is 12.2 Å². The molecule has 1 atom stereocenters. The lowest BCUT2D eigenvalue weighted by Gasteiger charge is -2.15. The number of aliphatic hydroxyl groups is 1. The van der Waals surface area contributed by atoms with Crippen LogP contribution in [0.25, 0.3) is 0 Å². The Morgan fingerprint density at radius 3 is 0.659 bits per heavy atom. The average Bonchev–Trinajstić information content (AvgIpc) is 3.49. The number of ether oxygens (including phenoxy) is 2. The fourth-order valence-corrected chi connectivity index (χ4v) is 12.3. The van der Waals surface area contributed by atoms with E-state index in [1.807, 2.05) is 0 Å². The topological polar surface area (TPSA) is 72.8 Å². The molecule has 5 nitrogen and oxygen atoms in total. The van der Waals surface area contributed by atoms with Gasteiger partial charge in [0.25, 0.3) is 0 Å². The second kappa shape index (κ2) is 73.9. The molecule has 5 heteroatoms. The molecule has 0 aliphatic carbocycles. The summed E-state index contributed by atoms with van der Waals surface area (Å²) in [4.78, 5) is 24.7. The van der Waals surface area contributed by atoms with Gasteiger partial charge in [-0.2, -0.15) is 0 Å². The van der Waals surface area contributed by atoms with Crippen molar-refractivity contribution in [3.05, 3.63) is 12.2 Å². The Balaban J connectivity index is 3.35. The minimum absolute atomic E-state index is 0.0564. The predicted octanol–water partition coefficient (Wildman–Crippen LogP) is 26.6. The van der Waals surface area contributed by atoms with E-state index >= 15 is 0 Å². The highest BCUT2D eigenvalue weighted by Crippen LogP contribution is 2.20. The molecular formula is C77H150O5. The largest absolute Gasteiger partial charge is 0.462 e. The van der Waals surface area contributed by atoms with Crippen LogP contribution >= 0.6 is 0 Å². The van der Waals surface area contributed by atoms with Crippen molar-refractivity contribution in [2.45, 2.75) is 457 Å². The van der Waals surface area contributed by atoms with Crippen LogP contribution in [-0.4, -0.2) is 36.4 Å². The van der Waals surface area contributed by atoms with Gasteiger partial charge in [0.05, 0.1) is 6.61 Å². The summed E-state index contributed by atoms with van der Waals surface area (Å²) >= 11 is 0. The highest BCUT2D eigenvalue weighted by Gasteiger charge is 2.16. The molecule has 0 aromatic carbocycles. The van der Waals surface area contributed by atoms with Gasteiger partial charge in [0.15, 0.2) is 6.10 Å². The molecule has 0 radical (unpaired) electrons. The lowest BCUT2D eigenvalue weighted by molar-refractivity contribution is -0.161. The monoisotopic (exact) mass is 1160 g/mol. The van der Waals surface area contributed by atoms with E-state index in [0.29, 0.717) is 12.8 Å². The third-order valence-corrected chi connectivity index (χ3v) is 18.1. The summed E-state index contributed by atoms with van der Waals surface area (Å²) in [6.07, 6.45) is 95.8. The SMILES string of the molecule is CCCCCCCCCC/C=C\CCCCCCCCCCCCCCCCCCCCCCCC(=O)OC(CO)COC(=O)CCCCCCCCCCCCCCCCCCCCCCCCCCCCCCCCCCCCC.